The molecule has 1 N–H and O–H groups in total. The van der Waals surface area contributed by atoms with E-state index in [1.165, 1.54) is 16.5 Å². The molecule has 6 nitrogen and oxygen atoms in total. The third kappa shape index (κ3) is 4.03. The SMILES string of the molecule is O=C(CN1CCc2sccc2[C@@H]1c1ccccc1)Nc1ccc(F)cc1[N+](=O)[O-]. The lowest BCUT2D eigenvalue weighted by Crippen LogP contribution is -2.40. The third-order valence-electron chi connectivity index (χ3n) is 4.96. The molecule has 3 aromatic rings. The molecular formula is C21H18FN3O3S. The van der Waals surface area contributed by atoms with E-state index < -0.39 is 16.4 Å². The maximum absolute atomic E-state index is 13.3. The molecule has 148 valence electrons. The van der Waals surface area contributed by atoms with Gasteiger partial charge in [-0.2, -0.15) is 0 Å². The summed E-state index contributed by atoms with van der Waals surface area (Å²) >= 11 is 1.72. The number of anilines is 1. The van der Waals surface area contributed by atoms with Crippen LogP contribution in [-0.2, 0) is 11.2 Å². The summed E-state index contributed by atoms with van der Waals surface area (Å²) in [6.45, 7) is 0.773. The Morgan fingerprint density at radius 2 is 2.03 bits per heavy atom. The number of fused-ring (bicyclic) bond motifs is 1. The molecule has 4 rings (SSSR count). The number of nitro groups is 1. The highest BCUT2D eigenvalue weighted by atomic mass is 32.1. The second-order valence-corrected chi connectivity index (χ2v) is 7.80. The highest BCUT2D eigenvalue weighted by Gasteiger charge is 2.31. The van der Waals surface area contributed by atoms with Crippen LogP contribution in [0.15, 0.2) is 60.0 Å². The molecular weight excluding hydrogens is 393 g/mol. The minimum absolute atomic E-state index is 0.00843. The number of amides is 1. The highest BCUT2D eigenvalue weighted by molar-refractivity contribution is 7.10. The quantitative estimate of drug-likeness (QED) is 0.499. The van der Waals surface area contributed by atoms with Crippen molar-refractivity contribution in [1.29, 1.82) is 0 Å². The number of nitrogens with one attached hydrogen (secondary N) is 1. The molecule has 0 unspecified atom stereocenters. The Labute approximate surface area is 170 Å². The van der Waals surface area contributed by atoms with Crippen LogP contribution in [0.2, 0.25) is 0 Å². The molecule has 1 amide bonds. The van der Waals surface area contributed by atoms with E-state index in [1.807, 2.05) is 30.3 Å². The van der Waals surface area contributed by atoms with Gasteiger partial charge in [0.25, 0.3) is 5.69 Å². The van der Waals surface area contributed by atoms with Crippen molar-refractivity contribution in [3.8, 4) is 0 Å². The Morgan fingerprint density at radius 1 is 1.24 bits per heavy atom. The second-order valence-electron chi connectivity index (χ2n) is 6.80. The van der Waals surface area contributed by atoms with Gasteiger partial charge in [0.1, 0.15) is 11.5 Å². The number of nitrogens with zero attached hydrogens (tertiary/aromatic N) is 2. The Bertz CT molecular complexity index is 1050. The fourth-order valence-electron chi connectivity index (χ4n) is 3.70. The first kappa shape index (κ1) is 19.2. The summed E-state index contributed by atoms with van der Waals surface area (Å²) in [6, 6.07) is 15.1. The van der Waals surface area contributed by atoms with Crippen molar-refractivity contribution >= 4 is 28.6 Å². The number of halogens is 1. The zero-order valence-electron chi connectivity index (χ0n) is 15.4. The number of carbonyl (C=O) groups is 1. The van der Waals surface area contributed by atoms with Crippen LogP contribution in [0.3, 0.4) is 0 Å². The van der Waals surface area contributed by atoms with Gasteiger partial charge in [0.2, 0.25) is 5.91 Å². The number of thiophene rings is 1. The third-order valence-corrected chi connectivity index (χ3v) is 5.95. The van der Waals surface area contributed by atoms with E-state index in [0.717, 1.165) is 24.1 Å². The van der Waals surface area contributed by atoms with Crippen LogP contribution < -0.4 is 5.32 Å². The van der Waals surface area contributed by atoms with Gasteiger partial charge in [-0.3, -0.25) is 19.8 Å². The molecule has 1 aromatic heterocycles. The van der Waals surface area contributed by atoms with Crippen molar-refractivity contribution in [1.82, 2.24) is 4.90 Å². The van der Waals surface area contributed by atoms with Crippen molar-refractivity contribution in [2.75, 3.05) is 18.4 Å². The zero-order chi connectivity index (χ0) is 20.4. The first-order valence-corrected chi connectivity index (χ1v) is 10.00. The average Bonchev–Trinajstić information content (AvgIpc) is 3.18. The van der Waals surface area contributed by atoms with Crippen molar-refractivity contribution < 1.29 is 14.1 Å². The van der Waals surface area contributed by atoms with Crippen molar-refractivity contribution in [2.45, 2.75) is 12.5 Å². The summed E-state index contributed by atoms with van der Waals surface area (Å²) in [4.78, 5) is 26.5. The number of benzene rings is 2. The lowest BCUT2D eigenvalue weighted by molar-refractivity contribution is -0.384. The van der Waals surface area contributed by atoms with Crippen LogP contribution in [0.25, 0.3) is 0 Å². The topological polar surface area (TPSA) is 75.5 Å². The molecule has 1 atom stereocenters. The van der Waals surface area contributed by atoms with Crippen LogP contribution in [-0.4, -0.2) is 28.8 Å². The predicted molar refractivity (Wildman–Crippen MR) is 110 cm³/mol. The maximum atomic E-state index is 13.3. The van der Waals surface area contributed by atoms with E-state index in [2.05, 4.69) is 21.7 Å². The van der Waals surface area contributed by atoms with Crippen LogP contribution >= 0.6 is 11.3 Å². The van der Waals surface area contributed by atoms with Gasteiger partial charge in [-0.15, -0.1) is 11.3 Å². The van der Waals surface area contributed by atoms with Crippen molar-refractivity contribution in [2.24, 2.45) is 0 Å². The van der Waals surface area contributed by atoms with E-state index in [-0.39, 0.29) is 24.2 Å². The van der Waals surface area contributed by atoms with Gasteiger partial charge in [-0.25, -0.2) is 4.39 Å². The molecule has 0 spiro atoms. The lowest BCUT2D eigenvalue weighted by Gasteiger charge is -2.35. The first-order chi connectivity index (χ1) is 14.0. The predicted octanol–water partition coefficient (Wildman–Crippen LogP) is 4.38. The molecule has 1 aliphatic rings. The Kier molecular flexibility index (Phi) is 5.37. The van der Waals surface area contributed by atoms with Gasteiger partial charge in [0.05, 0.1) is 23.6 Å². The summed E-state index contributed by atoms with van der Waals surface area (Å²) in [5, 5.41) is 15.8. The van der Waals surface area contributed by atoms with E-state index >= 15 is 0 Å². The van der Waals surface area contributed by atoms with E-state index in [4.69, 9.17) is 0 Å². The van der Waals surface area contributed by atoms with Gasteiger partial charge in [0.15, 0.2) is 0 Å². The minimum Gasteiger partial charge on any atom is -0.319 e. The Morgan fingerprint density at radius 3 is 2.79 bits per heavy atom. The fraction of sp³-hybridized carbons (Fsp3) is 0.190. The number of nitro benzene ring substituents is 1. The number of rotatable bonds is 5. The fourth-order valence-corrected chi connectivity index (χ4v) is 4.60. The van der Waals surface area contributed by atoms with Crippen LogP contribution in [0.1, 0.15) is 22.0 Å². The number of carbonyl (C=O) groups excluding carboxylic acids is 1. The molecule has 0 fully saturated rings. The largest absolute Gasteiger partial charge is 0.319 e. The van der Waals surface area contributed by atoms with Gasteiger partial charge in [-0.1, -0.05) is 30.3 Å². The van der Waals surface area contributed by atoms with Crippen molar-refractivity contribution in [3.05, 3.63) is 91.9 Å². The van der Waals surface area contributed by atoms with Gasteiger partial charge < -0.3 is 5.32 Å². The van der Waals surface area contributed by atoms with Gasteiger partial charge in [-0.05, 0) is 41.1 Å². The summed E-state index contributed by atoms with van der Waals surface area (Å²) in [6.07, 6.45) is 0.848. The van der Waals surface area contributed by atoms with Gasteiger partial charge in [0, 0.05) is 11.4 Å². The minimum atomic E-state index is -0.722. The normalized spacial score (nSPS) is 16.2. The standard InChI is InChI=1S/C21H18FN3O3S/c22-15-6-7-17(18(12-15)25(27)28)23-20(26)13-24-10-8-19-16(9-11-29-19)21(24)14-4-2-1-3-5-14/h1-7,9,11-12,21H,8,10,13H2,(H,23,26)/t21-/m0/s1. The molecule has 0 saturated carbocycles. The maximum Gasteiger partial charge on any atom is 0.295 e. The zero-order valence-corrected chi connectivity index (χ0v) is 16.2. The summed E-state index contributed by atoms with van der Waals surface area (Å²) in [7, 11) is 0. The average molecular weight is 411 g/mol. The smallest absolute Gasteiger partial charge is 0.295 e. The van der Waals surface area contributed by atoms with E-state index in [0.29, 0.717) is 6.54 Å². The van der Waals surface area contributed by atoms with Crippen LogP contribution in [0.5, 0.6) is 0 Å². The second kappa shape index (κ2) is 8.10. The Balaban J connectivity index is 1.57. The molecule has 0 saturated heterocycles. The molecule has 1 aliphatic heterocycles. The summed E-state index contributed by atoms with van der Waals surface area (Å²) < 4.78 is 13.3. The monoisotopic (exact) mass is 411 g/mol. The van der Waals surface area contributed by atoms with Crippen LogP contribution in [0.4, 0.5) is 15.8 Å². The Hall–Kier alpha value is -3.10. The summed E-state index contributed by atoms with van der Waals surface area (Å²) in [5.41, 5.74) is 1.81. The number of hydrogen-bond donors (Lipinski definition) is 1. The van der Waals surface area contributed by atoms with Crippen LogP contribution in [0, 0.1) is 15.9 Å². The summed E-state index contributed by atoms with van der Waals surface area (Å²) in [5.74, 6) is -1.10. The number of hydrogen-bond acceptors (Lipinski definition) is 5. The molecule has 8 heteroatoms. The molecule has 0 bridgehead atoms. The molecule has 0 aliphatic carbocycles. The van der Waals surface area contributed by atoms with Crippen molar-refractivity contribution in [3.63, 3.8) is 0 Å². The highest BCUT2D eigenvalue weighted by Crippen LogP contribution is 2.37. The molecule has 29 heavy (non-hydrogen) atoms. The van der Waals surface area contributed by atoms with E-state index in [1.54, 1.807) is 11.3 Å². The molecule has 0 radical (unpaired) electrons. The molecule has 2 aromatic carbocycles. The van der Waals surface area contributed by atoms with Gasteiger partial charge >= 0.3 is 0 Å². The molecule has 2 heterocycles. The first-order valence-electron chi connectivity index (χ1n) is 9.12. The van der Waals surface area contributed by atoms with E-state index in [9.17, 15) is 19.3 Å². The lowest BCUT2D eigenvalue weighted by atomic mass is 9.93.